The Balaban J connectivity index is 2.83. The zero-order valence-corrected chi connectivity index (χ0v) is 13.9. The second kappa shape index (κ2) is 6.13. The number of thioether (sulfide) groups is 1. The molecule has 1 nitrogen and oxygen atoms in total. The van der Waals surface area contributed by atoms with E-state index >= 15 is 0 Å². The first-order chi connectivity index (χ1) is 8.61. The summed E-state index contributed by atoms with van der Waals surface area (Å²) in [5.41, 5.74) is 0.894. The smallest absolute Gasteiger partial charge is 0.169 e. The second-order valence-corrected chi connectivity index (χ2v) is 8.37. The Kier molecular flexibility index (Phi) is 5.26. The van der Waals surface area contributed by atoms with Crippen LogP contribution in [0.3, 0.4) is 0 Å². The molecule has 0 unspecified atom stereocenters. The summed E-state index contributed by atoms with van der Waals surface area (Å²) < 4.78 is 0. The van der Waals surface area contributed by atoms with Gasteiger partial charge in [-0.05, 0) is 23.7 Å². The number of carbonyl (C=O) groups is 1. The monoisotopic (exact) mass is 278 g/mol. The molecule has 0 saturated carbocycles. The zero-order chi connectivity index (χ0) is 14.7. The molecule has 0 atom stereocenters. The Hall–Kier alpha value is -0.760. The Morgan fingerprint density at radius 1 is 1.05 bits per heavy atom. The maximum atomic E-state index is 12.4. The molecule has 0 aliphatic heterocycles. The lowest BCUT2D eigenvalue weighted by atomic mass is 9.86. The maximum Gasteiger partial charge on any atom is 0.169 e. The summed E-state index contributed by atoms with van der Waals surface area (Å²) in [6.07, 6.45) is 1.15. The highest BCUT2D eigenvalue weighted by atomic mass is 32.2. The van der Waals surface area contributed by atoms with Crippen LogP contribution in [0.1, 0.15) is 58.3 Å². The minimum absolute atomic E-state index is 0.228. The van der Waals surface area contributed by atoms with E-state index in [1.807, 2.05) is 39.0 Å². The average Bonchev–Trinajstić information content (AvgIpc) is 2.26. The molecular weight excluding hydrogens is 252 g/mol. The van der Waals surface area contributed by atoms with Crippen LogP contribution in [-0.4, -0.2) is 11.5 Å². The molecule has 0 spiro atoms. The van der Waals surface area contributed by atoms with Crippen molar-refractivity contribution in [3.63, 3.8) is 0 Å². The van der Waals surface area contributed by atoms with E-state index in [-0.39, 0.29) is 11.2 Å². The van der Waals surface area contributed by atoms with E-state index in [2.05, 4.69) is 26.8 Å². The fourth-order valence-electron chi connectivity index (χ4n) is 1.65. The van der Waals surface area contributed by atoms with Crippen LogP contribution in [0.25, 0.3) is 0 Å². The molecule has 1 rings (SSSR count). The lowest BCUT2D eigenvalue weighted by Gasteiger charge is -2.20. The number of rotatable bonds is 4. The van der Waals surface area contributed by atoms with Crippen molar-refractivity contribution in [3.8, 4) is 0 Å². The summed E-state index contributed by atoms with van der Waals surface area (Å²) in [4.78, 5) is 13.6. The molecule has 0 fully saturated rings. The maximum absolute atomic E-state index is 12.4. The first-order valence-electron chi connectivity index (χ1n) is 6.88. The Bertz CT molecular complexity index is 435. The number of benzene rings is 1. The molecule has 0 bridgehead atoms. The fourth-order valence-corrected chi connectivity index (χ4v) is 3.08. The topological polar surface area (TPSA) is 17.1 Å². The summed E-state index contributed by atoms with van der Waals surface area (Å²) in [5, 5.41) is 0. The van der Waals surface area contributed by atoms with E-state index in [1.54, 1.807) is 11.8 Å². The Labute approximate surface area is 122 Å². The van der Waals surface area contributed by atoms with E-state index in [0.29, 0.717) is 5.41 Å². The molecule has 1 aromatic carbocycles. The van der Waals surface area contributed by atoms with Crippen LogP contribution in [0, 0.1) is 10.8 Å². The van der Waals surface area contributed by atoms with Gasteiger partial charge in [-0.3, -0.25) is 4.79 Å². The van der Waals surface area contributed by atoms with Gasteiger partial charge in [0.25, 0.3) is 0 Å². The summed E-state index contributed by atoms with van der Waals surface area (Å²) in [6, 6.07) is 7.98. The first-order valence-corrected chi connectivity index (χ1v) is 7.86. The number of hydrogen-bond donors (Lipinski definition) is 0. The van der Waals surface area contributed by atoms with Gasteiger partial charge < -0.3 is 0 Å². The molecule has 0 aliphatic rings. The van der Waals surface area contributed by atoms with Gasteiger partial charge in [0.05, 0.1) is 0 Å². The summed E-state index contributed by atoms with van der Waals surface area (Å²) in [7, 11) is 0. The van der Waals surface area contributed by atoms with Gasteiger partial charge in [0.15, 0.2) is 5.78 Å². The van der Waals surface area contributed by atoms with E-state index in [1.165, 1.54) is 0 Å². The molecule has 2 heteroatoms. The van der Waals surface area contributed by atoms with Crippen LogP contribution in [0.2, 0.25) is 0 Å². The molecule has 19 heavy (non-hydrogen) atoms. The molecule has 0 saturated heterocycles. The standard InChI is InChI=1S/C17H26OS/c1-16(2,3)11-12-19-14-10-8-7-9-13(14)15(18)17(4,5)6/h7-10H,11-12H2,1-6H3. The third kappa shape index (κ3) is 5.40. The predicted molar refractivity (Wildman–Crippen MR) is 85.0 cm³/mol. The van der Waals surface area contributed by atoms with Gasteiger partial charge in [0.1, 0.15) is 0 Å². The molecule has 0 aliphatic carbocycles. The minimum Gasteiger partial charge on any atom is -0.294 e. The molecule has 0 amide bonds. The summed E-state index contributed by atoms with van der Waals surface area (Å²) in [6.45, 7) is 12.7. The van der Waals surface area contributed by atoms with Gasteiger partial charge in [-0.15, -0.1) is 11.8 Å². The molecule has 0 N–H and O–H groups in total. The highest BCUT2D eigenvalue weighted by Crippen LogP contribution is 2.31. The molecule has 106 valence electrons. The third-order valence-corrected chi connectivity index (χ3v) is 4.00. The lowest BCUT2D eigenvalue weighted by Crippen LogP contribution is -2.20. The van der Waals surface area contributed by atoms with Gasteiger partial charge in [-0.25, -0.2) is 0 Å². The van der Waals surface area contributed by atoms with Crippen LogP contribution < -0.4 is 0 Å². The summed E-state index contributed by atoms with van der Waals surface area (Å²) >= 11 is 1.80. The SMILES string of the molecule is CC(C)(C)CCSc1ccccc1C(=O)C(C)(C)C. The average molecular weight is 278 g/mol. The van der Waals surface area contributed by atoms with E-state index < -0.39 is 0 Å². The van der Waals surface area contributed by atoms with Crippen molar-refractivity contribution in [1.82, 2.24) is 0 Å². The number of hydrogen-bond acceptors (Lipinski definition) is 2. The summed E-state index contributed by atoms with van der Waals surface area (Å²) in [5.74, 6) is 1.28. The molecule has 0 radical (unpaired) electrons. The van der Waals surface area contributed by atoms with Gasteiger partial charge >= 0.3 is 0 Å². The lowest BCUT2D eigenvalue weighted by molar-refractivity contribution is 0.0855. The van der Waals surface area contributed by atoms with Crippen molar-refractivity contribution in [2.75, 3.05) is 5.75 Å². The van der Waals surface area contributed by atoms with Crippen LogP contribution in [0.4, 0.5) is 0 Å². The van der Waals surface area contributed by atoms with Gasteiger partial charge in [0, 0.05) is 15.9 Å². The Morgan fingerprint density at radius 2 is 1.63 bits per heavy atom. The normalized spacial score (nSPS) is 12.5. The number of carbonyl (C=O) groups excluding carboxylic acids is 1. The molecular formula is C17H26OS. The molecule has 0 heterocycles. The predicted octanol–water partition coefficient (Wildman–Crippen LogP) is 5.44. The van der Waals surface area contributed by atoms with Crippen molar-refractivity contribution in [2.45, 2.75) is 52.9 Å². The molecule has 1 aromatic rings. The van der Waals surface area contributed by atoms with Crippen LogP contribution in [0.5, 0.6) is 0 Å². The zero-order valence-electron chi connectivity index (χ0n) is 13.0. The largest absolute Gasteiger partial charge is 0.294 e. The van der Waals surface area contributed by atoms with Gasteiger partial charge in [-0.2, -0.15) is 0 Å². The quantitative estimate of drug-likeness (QED) is 0.538. The minimum atomic E-state index is -0.319. The van der Waals surface area contributed by atoms with E-state index in [9.17, 15) is 4.79 Å². The van der Waals surface area contributed by atoms with Crippen LogP contribution >= 0.6 is 11.8 Å². The van der Waals surface area contributed by atoms with E-state index in [0.717, 1.165) is 22.6 Å². The van der Waals surface area contributed by atoms with Crippen molar-refractivity contribution >= 4 is 17.5 Å². The highest BCUT2D eigenvalue weighted by molar-refractivity contribution is 7.99. The first kappa shape index (κ1) is 16.3. The third-order valence-electron chi connectivity index (χ3n) is 2.92. The highest BCUT2D eigenvalue weighted by Gasteiger charge is 2.25. The van der Waals surface area contributed by atoms with Crippen molar-refractivity contribution < 1.29 is 4.79 Å². The van der Waals surface area contributed by atoms with Gasteiger partial charge in [0.2, 0.25) is 0 Å². The van der Waals surface area contributed by atoms with Gasteiger partial charge in [-0.1, -0.05) is 59.7 Å². The van der Waals surface area contributed by atoms with Crippen molar-refractivity contribution in [2.24, 2.45) is 10.8 Å². The van der Waals surface area contributed by atoms with Crippen LogP contribution in [0.15, 0.2) is 29.2 Å². The molecule has 0 aromatic heterocycles. The van der Waals surface area contributed by atoms with Crippen LogP contribution in [-0.2, 0) is 0 Å². The van der Waals surface area contributed by atoms with Crippen molar-refractivity contribution in [3.05, 3.63) is 29.8 Å². The van der Waals surface area contributed by atoms with Crippen molar-refractivity contribution in [1.29, 1.82) is 0 Å². The second-order valence-electron chi connectivity index (χ2n) is 7.23. The fraction of sp³-hybridized carbons (Fsp3) is 0.588. The number of Topliss-reactive ketones (excluding diaryl/α,β-unsaturated/α-hetero) is 1. The Morgan fingerprint density at radius 3 is 2.16 bits per heavy atom. The number of ketones is 1. The van der Waals surface area contributed by atoms with E-state index in [4.69, 9.17) is 0 Å².